The van der Waals surface area contributed by atoms with Crippen molar-refractivity contribution >= 4 is 46.6 Å². The number of fused-ring (bicyclic) bond motifs is 3. The van der Waals surface area contributed by atoms with Crippen LogP contribution < -0.4 is 0 Å². The second-order valence-electron chi connectivity index (χ2n) is 9.42. The van der Waals surface area contributed by atoms with Crippen LogP contribution in [-0.4, -0.2) is 53.6 Å². The summed E-state index contributed by atoms with van der Waals surface area (Å²) in [5.74, 6) is 0. The Balaban J connectivity index is 0.00000306. The molecule has 0 aliphatic carbocycles. The fraction of sp³-hybridized carbons (Fsp3) is 0.600. The molecule has 1 heterocycles. The van der Waals surface area contributed by atoms with Crippen molar-refractivity contribution in [3.05, 3.63) is 47.5 Å². The third-order valence-electron chi connectivity index (χ3n) is 7.48. The highest BCUT2D eigenvalue weighted by molar-refractivity contribution is 6.08. The summed E-state index contributed by atoms with van der Waals surface area (Å²) in [4.78, 5) is 5.06. The zero-order chi connectivity index (χ0) is 23.6. The quantitative estimate of drug-likeness (QED) is 0.187. The fourth-order valence-corrected chi connectivity index (χ4v) is 5.26. The average molecular weight is 523 g/mol. The normalized spacial score (nSPS) is 11.4. The van der Waals surface area contributed by atoms with Gasteiger partial charge in [0, 0.05) is 28.4 Å². The topological polar surface area (TPSA) is 11.4 Å². The lowest BCUT2D eigenvalue weighted by Gasteiger charge is -2.17. The maximum atomic E-state index is 2.53. The zero-order valence-corrected chi connectivity index (χ0v) is 24.4. The summed E-state index contributed by atoms with van der Waals surface area (Å²) in [6.07, 6.45) is 7.47. The molecule has 0 unspecified atom stereocenters. The molecule has 198 valence electrons. The van der Waals surface area contributed by atoms with E-state index in [1.165, 1.54) is 84.5 Å². The molecule has 0 spiro atoms. The molecule has 35 heavy (non-hydrogen) atoms. The van der Waals surface area contributed by atoms with Crippen LogP contribution in [0.3, 0.4) is 0 Å². The lowest BCUT2D eigenvalue weighted by atomic mass is 10.0. The van der Waals surface area contributed by atoms with Crippen molar-refractivity contribution in [3.63, 3.8) is 0 Å². The summed E-state index contributed by atoms with van der Waals surface area (Å²) in [5.41, 5.74) is 5.75. The average Bonchev–Trinajstić information content (AvgIpc) is 3.16. The number of rotatable bonds is 15. The predicted octanol–water partition coefficient (Wildman–Crippen LogP) is 7.99. The fourth-order valence-electron chi connectivity index (χ4n) is 5.26. The molecule has 2 aromatic carbocycles. The molecule has 0 saturated heterocycles. The summed E-state index contributed by atoms with van der Waals surface area (Å²) in [6, 6.07) is 14.4. The van der Waals surface area contributed by atoms with E-state index in [-0.39, 0.29) is 24.8 Å². The standard InChI is InChI=1S/C30H47N3.2ClH/c1-6-31(7-2)21-13-11-15-25-17-19-29-27(23-25)28-24-26(18-20-30(28)33(29)10-5)16-12-14-22-32(8-3)9-4;;/h17-20,23-24H,6-16,21-22H2,1-5H3;2*1H. The molecule has 3 rings (SSSR count). The molecule has 3 nitrogen and oxygen atoms in total. The molecule has 0 aliphatic heterocycles. The lowest BCUT2D eigenvalue weighted by Crippen LogP contribution is -2.23. The highest BCUT2D eigenvalue weighted by Gasteiger charge is 2.11. The molecule has 3 aromatic rings. The van der Waals surface area contributed by atoms with E-state index in [4.69, 9.17) is 0 Å². The number of hydrogen-bond acceptors (Lipinski definition) is 2. The first kappa shape index (κ1) is 31.8. The van der Waals surface area contributed by atoms with Crippen molar-refractivity contribution in [1.29, 1.82) is 0 Å². The zero-order valence-electron chi connectivity index (χ0n) is 22.8. The van der Waals surface area contributed by atoms with Gasteiger partial charge in [0.05, 0.1) is 0 Å². The van der Waals surface area contributed by atoms with Crippen molar-refractivity contribution in [2.75, 3.05) is 39.3 Å². The van der Waals surface area contributed by atoms with E-state index in [0.717, 1.165) is 32.7 Å². The Kier molecular flexibility index (Phi) is 15.0. The van der Waals surface area contributed by atoms with Gasteiger partial charge < -0.3 is 14.4 Å². The van der Waals surface area contributed by atoms with Crippen LogP contribution in [0, 0.1) is 0 Å². The minimum absolute atomic E-state index is 0. The van der Waals surface area contributed by atoms with Gasteiger partial charge in [0.15, 0.2) is 0 Å². The number of hydrogen-bond donors (Lipinski definition) is 0. The van der Waals surface area contributed by atoms with Gasteiger partial charge in [-0.1, -0.05) is 39.8 Å². The van der Waals surface area contributed by atoms with Gasteiger partial charge >= 0.3 is 0 Å². The number of aromatic nitrogens is 1. The summed E-state index contributed by atoms with van der Waals surface area (Å²) in [6.45, 7) is 19.4. The van der Waals surface area contributed by atoms with Crippen LogP contribution in [-0.2, 0) is 19.4 Å². The van der Waals surface area contributed by atoms with Gasteiger partial charge in [0.25, 0.3) is 0 Å². The van der Waals surface area contributed by atoms with Crippen molar-refractivity contribution in [1.82, 2.24) is 14.4 Å². The van der Waals surface area contributed by atoms with Crippen molar-refractivity contribution in [2.24, 2.45) is 0 Å². The third kappa shape index (κ3) is 8.39. The van der Waals surface area contributed by atoms with Gasteiger partial charge in [-0.3, -0.25) is 0 Å². The van der Waals surface area contributed by atoms with E-state index in [2.05, 4.69) is 85.4 Å². The smallest absolute Gasteiger partial charge is 0.0491 e. The van der Waals surface area contributed by atoms with Gasteiger partial charge in [-0.15, -0.1) is 24.8 Å². The molecule has 0 N–H and O–H groups in total. The van der Waals surface area contributed by atoms with E-state index in [1.807, 2.05) is 0 Å². The van der Waals surface area contributed by atoms with Gasteiger partial charge in [0.2, 0.25) is 0 Å². The van der Waals surface area contributed by atoms with Crippen molar-refractivity contribution in [2.45, 2.75) is 79.7 Å². The third-order valence-corrected chi connectivity index (χ3v) is 7.48. The molecule has 0 aliphatic rings. The van der Waals surface area contributed by atoms with Crippen LogP contribution in [0.4, 0.5) is 0 Å². The number of unbranched alkanes of at least 4 members (excludes halogenated alkanes) is 2. The molecule has 0 radical (unpaired) electrons. The van der Waals surface area contributed by atoms with Crippen LogP contribution in [0.25, 0.3) is 21.8 Å². The van der Waals surface area contributed by atoms with Crippen LogP contribution in [0.1, 0.15) is 71.4 Å². The number of aryl methyl sites for hydroxylation is 3. The lowest BCUT2D eigenvalue weighted by molar-refractivity contribution is 0.297. The molecule has 0 saturated carbocycles. The molecular weight excluding hydrogens is 473 g/mol. The van der Waals surface area contributed by atoms with E-state index < -0.39 is 0 Å². The van der Waals surface area contributed by atoms with Crippen LogP contribution in [0.5, 0.6) is 0 Å². The number of halogens is 2. The first-order valence-electron chi connectivity index (χ1n) is 13.6. The Morgan fingerprint density at radius 2 is 0.971 bits per heavy atom. The van der Waals surface area contributed by atoms with E-state index in [0.29, 0.717) is 0 Å². The molecular formula is C30H49Cl2N3. The van der Waals surface area contributed by atoms with Gasteiger partial charge in [-0.2, -0.15) is 0 Å². The minimum Gasteiger partial charge on any atom is -0.341 e. The summed E-state index contributed by atoms with van der Waals surface area (Å²) in [7, 11) is 0. The Morgan fingerprint density at radius 3 is 1.31 bits per heavy atom. The van der Waals surface area contributed by atoms with Crippen LogP contribution in [0.15, 0.2) is 36.4 Å². The van der Waals surface area contributed by atoms with Crippen LogP contribution >= 0.6 is 24.8 Å². The molecule has 0 atom stereocenters. The summed E-state index contributed by atoms with van der Waals surface area (Å²) in [5, 5.41) is 2.89. The predicted molar refractivity (Wildman–Crippen MR) is 161 cm³/mol. The van der Waals surface area contributed by atoms with E-state index >= 15 is 0 Å². The molecule has 0 fully saturated rings. The maximum absolute atomic E-state index is 2.53. The SMILES string of the molecule is CCN(CC)CCCCc1ccc2c(c1)c1cc(CCCCN(CC)CC)ccc1n2CC.Cl.Cl. The van der Waals surface area contributed by atoms with E-state index in [9.17, 15) is 0 Å². The highest BCUT2D eigenvalue weighted by Crippen LogP contribution is 2.31. The Bertz CT molecular complexity index is 913. The first-order chi connectivity index (χ1) is 16.1. The summed E-state index contributed by atoms with van der Waals surface area (Å²) < 4.78 is 2.49. The van der Waals surface area contributed by atoms with Gasteiger partial charge in [0.1, 0.15) is 0 Å². The highest BCUT2D eigenvalue weighted by atomic mass is 35.5. The largest absolute Gasteiger partial charge is 0.341 e. The second-order valence-corrected chi connectivity index (χ2v) is 9.42. The molecule has 1 aromatic heterocycles. The number of benzene rings is 2. The number of nitrogens with zero attached hydrogens (tertiary/aromatic N) is 3. The summed E-state index contributed by atoms with van der Waals surface area (Å²) >= 11 is 0. The van der Waals surface area contributed by atoms with Gasteiger partial charge in [-0.25, -0.2) is 0 Å². The van der Waals surface area contributed by atoms with Crippen molar-refractivity contribution < 1.29 is 0 Å². The molecule has 5 heteroatoms. The van der Waals surface area contributed by atoms with Gasteiger partial charge in [-0.05, 0) is 120 Å². The Labute approximate surface area is 227 Å². The van der Waals surface area contributed by atoms with E-state index in [1.54, 1.807) is 0 Å². The second kappa shape index (κ2) is 16.5. The Hall–Kier alpha value is -1.26. The van der Waals surface area contributed by atoms with Crippen molar-refractivity contribution in [3.8, 4) is 0 Å². The minimum atomic E-state index is 0. The molecule has 0 amide bonds. The monoisotopic (exact) mass is 521 g/mol. The Morgan fingerprint density at radius 1 is 0.571 bits per heavy atom. The molecule has 0 bridgehead atoms. The van der Waals surface area contributed by atoms with Crippen LogP contribution in [0.2, 0.25) is 0 Å². The maximum Gasteiger partial charge on any atom is 0.0491 e. The first-order valence-corrected chi connectivity index (χ1v) is 13.6.